The van der Waals surface area contributed by atoms with Crippen LogP contribution in [0.3, 0.4) is 0 Å². The number of nitriles is 1. The number of benzene rings is 1. The standard InChI is InChI=1S/C15H17N3O4/c1-11-4-5-12(18(20)21)13(8-11)22-9-14(19)17-15(10-16)6-2-3-7-15/h4-5,8H,2-3,6-7,9H2,1H3,(H,17,19). The molecule has 2 rings (SSSR count). The molecular weight excluding hydrogens is 286 g/mol. The molecule has 1 amide bonds. The Hall–Kier alpha value is -2.62. The number of carbonyl (C=O) groups excluding carboxylic acids is 1. The maximum atomic E-state index is 11.9. The van der Waals surface area contributed by atoms with Gasteiger partial charge in [-0.3, -0.25) is 14.9 Å². The lowest BCUT2D eigenvalue weighted by Gasteiger charge is -2.21. The molecule has 1 aliphatic carbocycles. The second-order valence-electron chi connectivity index (χ2n) is 5.47. The fraction of sp³-hybridized carbons (Fsp3) is 0.467. The number of nitrogens with one attached hydrogen (secondary N) is 1. The van der Waals surface area contributed by atoms with Crippen LogP contribution in [0.25, 0.3) is 0 Å². The fourth-order valence-electron chi connectivity index (χ4n) is 2.58. The van der Waals surface area contributed by atoms with Crippen molar-refractivity contribution in [3.63, 3.8) is 0 Å². The van der Waals surface area contributed by atoms with Crippen LogP contribution in [-0.4, -0.2) is 23.0 Å². The number of rotatable bonds is 5. The Bertz CT molecular complexity index is 630. The summed E-state index contributed by atoms with van der Waals surface area (Å²) in [4.78, 5) is 22.3. The van der Waals surface area contributed by atoms with Crippen molar-refractivity contribution in [1.29, 1.82) is 5.26 Å². The van der Waals surface area contributed by atoms with E-state index in [9.17, 15) is 20.2 Å². The van der Waals surface area contributed by atoms with Crippen LogP contribution in [0.5, 0.6) is 5.75 Å². The Morgan fingerprint density at radius 3 is 2.77 bits per heavy atom. The van der Waals surface area contributed by atoms with Crippen LogP contribution in [0.4, 0.5) is 5.69 Å². The van der Waals surface area contributed by atoms with Gasteiger partial charge in [-0.2, -0.15) is 5.26 Å². The summed E-state index contributed by atoms with van der Waals surface area (Å²) in [6, 6.07) is 6.61. The highest BCUT2D eigenvalue weighted by molar-refractivity contribution is 5.79. The molecule has 0 spiro atoms. The molecule has 0 atom stereocenters. The molecular formula is C15H17N3O4. The van der Waals surface area contributed by atoms with E-state index in [1.54, 1.807) is 13.0 Å². The van der Waals surface area contributed by atoms with Crippen molar-refractivity contribution in [3.8, 4) is 11.8 Å². The van der Waals surface area contributed by atoms with Crippen LogP contribution in [0.1, 0.15) is 31.2 Å². The summed E-state index contributed by atoms with van der Waals surface area (Å²) < 4.78 is 5.28. The van der Waals surface area contributed by atoms with Crippen LogP contribution in [0.2, 0.25) is 0 Å². The number of amides is 1. The number of hydrogen-bond donors (Lipinski definition) is 1. The number of hydrogen-bond acceptors (Lipinski definition) is 5. The number of nitro groups is 1. The van der Waals surface area contributed by atoms with E-state index in [-0.39, 0.29) is 18.0 Å². The van der Waals surface area contributed by atoms with Gasteiger partial charge in [-0.25, -0.2) is 0 Å². The number of aryl methyl sites for hydroxylation is 1. The van der Waals surface area contributed by atoms with Crippen LogP contribution in [-0.2, 0) is 4.79 Å². The van der Waals surface area contributed by atoms with Crippen LogP contribution in [0.15, 0.2) is 18.2 Å². The molecule has 116 valence electrons. The molecule has 1 fully saturated rings. The quantitative estimate of drug-likeness (QED) is 0.663. The van der Waals surface area contributed by atoms with Gasteiger partial charge in [-0.1, -0.05) is 6.07 Å². The van der Waals surface area contributed by atoms with Crippen molar-refractivity contribution in [2.75, 3.05) is 6.61 Å². The molecule has 0 radical (unpaired) electrons. The van der Waals surface area contributed by atoms with Gasteiger partial charge in [-0.05, 0) is 44.2 Å². The number of ether oxygens (including phenoxy) is 1. The largest absolute Gasteiger partial charge is 0.477 e. The first kappa shape index (κ1) is 15.8. The van der Waals surface area contributed by atoms with Gasteiger partial charge in [0.2, 0.25) is 0 Å². The minimum atomic E-state index is -0.820. The average molecular weight is 303 g/mol. The first-order chi connectivity index (χ1) is 10.5. The number of nitro benzene ring substituents is 1. The first-order valence-corrected chi connectivity index (χ1v) is 7.06. The highest BCUT2D eigenvalue weighted by Crippen LogP contribution is 2.29. The van der Waals surface area contributed by atoms with Crippen molar-refractivity contribution in [2.24, 2.45) is 0 Å². The summed E-state index contributed by atoms with van der Waals surface area (Å²) in [5.41, 5.74) is -0.210. The lowest BCUT2D eigenvalue weighted by atomic mass is 10.00. The zero-order valence-electron chi connectivity index (χ0n) is 12.3. The number of carbonyl (C=O) groups is 1. The molecule has 0 aromatic heterocycles. The third-order valence-corrected chi connectivity index (χ3v) is 3.72. The summed E-state index contributed by atoms with van der Waals surface area (Å²) in [5, 5.41) is 22.8. The Balaban J connectivity index is 2.01. The molecule has 7 nitrogen and oxygen atoms in total. The van der Waals surface area contributed by atoms with E-state index in [2.05, 4.69) is 11.4 Å². The van der Waals surface area contributed by atoms with Crippen molar-refractivity contribution in [1.82, 2.24) is 5.32 Å². The first-order valence-electron chi connectivity index (χ1n) is 7.06. The van der Waals surface area contributed by atoms with E-state index < -0.39 is 16.4 Å². The summed E-state index contributed by atoms with van der Waals surface area (Å²) in [5.74, 6) is -0.392. The molecule has 1 aromatic carbocycles. The molecule has 0 heterocycles. The monoisotopic (exact) mass is 303 g/mol. The molecule has 0 unspecified atom stereocenters. The third-order valence-electron chi connectivity index (χ3n) is 3.72. The second-order valence-corrected chi connectivity index (χ2v) is 5.47. The SMILES string of the molecule is Cc1ccc([N+](=O)[O-])c(OCC(=O)NC2(C#N)CCCC2)c1. The predicted molar refractivity (Wildman–Crippen MR) is 78.3 cm³/mol. The highest BCUT2D eigenvalue weighted by atomic mass is 16.6. The second kappa shape index (κ2) is 6.43. The van der Waals surface area contributed by atoms with E-state index in [1.807, 2.05) is 0 Å². The zero-order chi connectivity index (χ0) is 16.2. The summed E-state index contributed by atoms with van der Waals surface area (Å²) in [7, 11) is 0. The maximum absolute atomic E-state index is 11.9. The van der Waals surface area contributed by atoms with E-state index in [4.69, 9.17) is 4.74 Å². The molecule has 1 N–H and O–H groups in total. The lowest BCUT2D eigenvalue weighted by molar-refractivity contribution is -0.385. The molecule has 0 aliphatic heterocycles. The summed E-state index contributed by atoms with van der Waals surface area (Å²) in [6.45, 7) is 1.42. The van der Waals surface area contributed by atoms with Crippen molar-refractivity contribution in [2.45, 2.75) is 38.1 Å². The van der Waals surface area contributed by atoms with Crippen molar-refractivity contribution in [3.05, 3.63) is 33.9 Å². The van der Waals surface area contributed by atoms with Gasteiger partial charge in [0.25, 0.3) is 5.91 Å². The van der Waals surface area contributed by atoms with Gasteiger partial charge in [0.15, 0.2) is 12.4 Å². The highest BCUT2D eigenvalue weighted by Gasteiger charge is 2.35. The molecule has 0 bridgehead atoms. The van der Waals surface area contributed by atoms with E-state index in [0.29, 0.717) is 12.8 Å². The maximum Gasteiger partial charge on any atom is 0.310 e. The Morgan fingerprint density at radius 1 is 1.50 bits per heavy atom. The molecule has 0 saturated heterocycles. The average Bonchev–Trinajstić information content (AvgIpc) is 2.94. The Labute approximate surface area is 128 Å². The van der Waals surface area contributed by atoms with Crippen LogP contribution >= 0.6 is 0 Å². The molecule has 1 aromatic rings. The van der Waals surface area contributed by atoms with E-state index in [1.165, 1.54) is 12.1 Å². The molecule has 1 aliphatic rings. The van der Waals surface area contributed by atoms with Crippen molar-refractivity contribution >= 4 is 11.6 Å². The Morgan fingerprint density at radius 2 is 2.18 bits per heavy atom. The van der Waals surface area contributed by atoms with E-state index in [0.717, 1.165) is 18.4 Å². The van der Waals surface area contributed by atoms with Crippen LogP contribution in [0, 0.1) is 28.4 Å². The number of nitrogens with zero attached hydrogens (tertiary/aromatic N) is 2. The Kier molecular flexibility index (Phi) is 4.61. The summed E-state index contributed by atoms with van der Waals surface area (Å²) in [6.07, 6.45) is 3.05. The van der Waals surface area contributed by atoms with Crippen molar-refractivity contribution < 1.29 is 14.5 Å². The lowest BCUT2D eigenvalue weighted by Crippen LogP contribution is -2.47. The topological polar surface area (TPSA) is 105 Å². The fourth-order valence-corrected chi connectivity index (χ4v) is 2.58. The summed E-state index contributed by atoms with van der Waals surface area (Å²) >= 11 is 0. The van der Waals surface area contributed by atoms with Gasteiger partial charge in [-0.15, -0.1) is 0 Å². The van der Waals surface area contributed by atoms with Gasteiger partial charge < -0.3 is 10.1 Å². The predicted octanol–water partition coefficient (Wildman–Crippen LogP) is 2.23. The van der Waals surface area contributed by atoms with E-state index >= 15 is 0 Å². The molecule has 1 saturated carbocycles. The zero-order valence-corrected chi connectivity index (χ0v) is 12.3. The molecule has 7 heteroatoms. The minimum absolute atomic E-state index is 0.0533. The van der Waals surface area contributed by atoms with Gasteiger partial charge >= 0.3 is 5.69 Å². The van der Waals surface area contributed by atoms with Gasteiger partial charge in [0.05, 0.1) is 11.0 Å². The third kappa shape index (κ3) is 3.52. The minimum Gasteiger partial charge on any atom is -0.477 e. The normalized spacial score (nSPS) is 15.8. The van der Waals surface area contributed by atoms with Crippen LogP contribution < -0.4 is 10.1 Å². The molecule has 22 heavy (non-hydrogen) atoms. The van der Waals surface area contributed by atoms with Gasteiger partial charge in [0.1, 0.15) is 5.54 Å². The smallest absolute Gasteiger partial charge is 0.310 e. The van der Waals surface area contributed by atoms with Gasteiger partial charge in [0, 0.05) is 6.07 Å².